The number of hydrogen-bond donors (Lipinski definition) is 2. The first-order chi connectivity index (χ1) is 15.2. The summed E-state index contributed by atoms with van der Waals surface area (Å²) in [5.41, 5.74) is 12.3. The third kappa shape index (κ3) is 3.22. The van der Waals surface area contributed by atoms with Gasteiger partial charge in [0.1, 0.15) is 10.8 Å². The molecule has 3 aliphatic rings. The molecule has 5 rings (SSSR count). The van der Waals surface area contributed by atoms with Crippen molar-refractivity contribution >= 4 is 35.0 Å². The highest BCUT2D eigenvalue weighted by Gasteiger charge is 2.53. The number of halogens is 2. The summed E-state index contributed by atoms with van der Waals surface area (Å²) in [5.74, 6) is -4.03. The summed E-state index contributed by atoms with van der Waals surface area (Å²) < 4.78 is 34.8. The standard InChI is InChI=1S/C21H24F2N6O2S/c1-28-12-3-2-4-13(16(12)21(22,23)19(28)30)32-18-17(25)27-15(9-26-18)29-7-5-20(6-8-29)11-31-10-14(20)24/h2-4,9,14H,5-8,10-11,24H2,1H3,(H2,25,27). The van der Waals surface area contributed by atoms with Crippen LogP contribution in [0.15, 0.2) is 34.3 Å². The molecule has 2 saturated heterocycles. The number of rotatable bonds is 3. The number of fused-ring (bicyclic) bond motifs is 1. The van der Waals surface area contributed by atoms with Crippen molar-refractivity contribution in [3.05, 3.63) is 30.0 Å². The molecule has 4 N–H and O–H groups in total. The van der Waals surface area contributed by atoms with E-state index in [-0.39, 0.29) is 33.4 Å². The van der Waals surface area contributed by atoms with E-state index in [4.69, 9.17) is 16.2 Å². The Morgan fingerprint density at radius 1 is 1.28 bits per heavy atom. The fourth-order valence-electron chi connectivity index (χ4n) is 4.71. The average molecular weight is 463 g/mol. The van der Waals surface area contributed by atoms with Crippen molar-refractivity contribution in [1.29, 1.82) is 0 Å². The largest absolute Gasteiger partial charge is 0.381 e. The first-order valence-electron chi connectivity index (χ1n) is 10.4. The number of ether oxygens (including phenoxy) is 1. The van der Waals surface area contributed by atoms with Gasteiger partial charge in [0.2, 0.25) is 0 Å². The van der Waals surface area contributed by atoms with Crippen molar-refractivity contribution in [2.45, 2.75) is 34.7 Å². The monoisotopic (exact) mass is 462 g/mol. The lowest BCUT2D eigenvalue weighted by Gasteiger charge is -2.41. The number of carbonyl (C=O) groups is 1. The molecule has 2 fully saturated rings. The van der Waals surface area contributed by atoms with E-state index >= 15 is 0 Å². The van der Waals surface area contributed by atoms with Crippen LogP contribution in [0.3, 0.4) is 0 Å². The normalized spacial score (nSPS) is 23.8. The molecule has 0 radical (unpaired) electrons. The van der Waals surface area contributed by atoms with Gasteiger partial charge < -0.3 is 26.0 Å². The number of amides is 1. The number of nitrogens with zero attached hydrogens (tertiary/aromatic N) is 4. The molecule has 1 aromatic carbocycles. The number of benzene rings is 1. The number of alkyl halides is 2. The molecule has 2 aromatic rings. The zero-order valence-corrected chi connectivity index (χ0v) is 18.4. The molecule has 0 aliphatic carbocycles. The highest BCUT2D eigenvalue weighted by atomic mass is 32.2. The zero-order valence-electron chi connectivity index (χ0n) is 17.6. The number of piperidine rings is 1. The van der Waals surface area contributed by atoms with Crippen LogP contribution in [0, 0.1) is 5.41 Å². The second-order valence-electron chi connectivity index (χ2n) is 8.58. The van der Waals surface area contributed by atoms with Gasteiger partial charge in [-0.05, 0) is 25.0 Å². The van der Waals surface area contributed by atoms with Crippen molar-refractivity contribution < 1.29 is 18.3 Å². The van der Waals surface area contributed by atoms with E-state index in [0.717, 1.165) is 42.6 Å². The lowest BCUT2D eigenvalue weighted by molar-refractivity contribution is -0.141. The summed E-state index contributed by atoms with van der Waals surface area (Å²) in [6.45, 7) is 2.83. The van der Waals surface area contributed by atoms with E-state index in [1.165, 1.54) is 19.2 Å². The molecule has 11 heteroatoms. The third-order valence-electron chi connectivity index (χ3n) is 6.77. The van der Waals surface area contributed by atoms with E-state index < -0.39 is 11.8 Å². The Kier molecular flexibility index (Phi) is 5.02. The van der Waals surface area contributed by atoms with Crippen molar-refractivity contribution in [3.8, 4) is 0 Å². The van der Waals surface area contributed by atoms with Gasteiger partial charge >= 0.3 is 11.8 Å². The number of likely N-dealkylation sites (N-methyl/N-ethyl adjacent to an activating group) is 1. The molecular weight excluding hydrogens is 438 g/mol. The van der Waals surface area contributed by atoms with Crippen molar-refractivity contribution in [1.82, 2.24) is 9.97 Å². The zero-order chi connectivity index (χ0) is 22.7. The van der Waals surface area contributed by atoms with Crippen LogP contribution in [0.2, 0.25) is 0 Å². The summed E-state index contributed by atoms with van der Waals surface area (Å²) >= 11 is 0.988. The lowest BCUT2D eigenvalue weighted by Crippen LogP contribution is -2.49. The average Bonchev–Trinajstić information content (AvgIpc) is 3.21. The van der Waals surface area contributed by atoms with Gasteiger partial charge in [0.05, 0.1) is 30.7 Å². The molecular formula is C21H24F2N6O2S. The molecule has 4 heterocycles. The highest BCUT2D eigenvalue weighted by molar-refractivity contribution is 7.99. The molecule has 1 spiro atoms. The second-order valence-corrected chi connectivity index (χ2v) is 9.61. The third-order valence-corrected chi connectivity index (χ3v) is 7.84. The van der Waals surface area contributed by atoms with E-state index in [2.05, 4.69) is 14.9 Å². The number of carbonyl (C=O) groups excluding carboxylic acids is 1. The van der Waals surface area contributed by atoms with Crippen LogP contribution in [0.5, 0.6) is 0 Å². The van der Waals surface area contributed by atoms with E-state index in [1.807, 2.05) is 0 Å². The molecule has 8 nitrogen and oxygen atoms in total. The van der Waals surface area contributed by atoms with Crippen LogP contribution in [-0.2, 0) is 15.5 Å². The molecule has 0 bridgehead atoms. The Labute approximate surface area is 188 Å². The number of nitrogens with two attached hydrogens (primary N) is 2. The van der Waals surface area contributed by atoms with Gasteiger partial charge in [0, 0.05) is 36.5 Å². The van der Waals surface area contributed by atoms with Gasteiger partial charge in [-0.15, -0.1) is 0 Å². The minimum absolute atomic E-state index is 0.0226. The van der Waals surface area contributed by atoms with Crippen LogP contribution in [0.25, 0.3) is 0 Å². The minimum atomic E-state index is -3.59. The minimum Gasteiger partial charge on any atom is -0.381 e. The summed E-state index contributed by atoms with van der Waals surface area (Å²) in [6.07, 6.45) is 3.42. The number of aromatic nitrogens is 2. The Balaban J connectivity index is 1.36. The Morgan fingerprint density at radius 3 is 2.69 bits per heavy atom. The molecule has 1 aromatic heterocycles. The molecule has 1 amide bonds. The summed E-state index contributed by atoms with van der Waals surface area (Å²) in [4.78, 5) is 24.2. The van der Waals surface area contributed by atoms with E-state index in [1.54, 1.807) is 12.3 Å². The Bertz CT molecular complexity index is 1080. The topological polar surface area (TPSA) is 111 Å². The quantitative estimate of drug-likeness (QED) is 0.715. The molecule has 0 saturated carbocycles. The van der Waals surface area contributed by atoms with Crippen molar-refractivity contribution in [3.63, 3.8) is 0 Å². The smallest absolute Gasteiger partial charge is 0.353 e. The molecule has 1 atom stereocenters. The van der Waals surface area contributed by atoms with Gasteiger partial charge in [0.15, 0.2) is 5.82 Å². The maximum Gasteiger partial charge on any atom is 0.353 e. The van der Waals surface area contributed by atoms with Crippen LogP contribution in [0.1, 0.15) is 18.4 Å². The maximum atomic E-state index is 14.6. The molecule has 3 aliphatic heterocycles. The van der Waals surface area contributed by atoms with Crippen LogP contribution >= 0.6 is 11.8 Å². The number of hydrogen-bond acceptors (Lipinski definition) is 8. The maximum absolute atomic E-state index is 14.6. The first kappa shape index (κ1) is 21.4. The first-order valence-corrected chi connectivity index (χ1v) is 11.2. The fraction of sp³-hybridized carbons (Fsp3) is 0.476. The van der Waals surface area contributed by atoms with Crippen LogP contribution < -0.4 is 21.3 Å². The van der Waals surface area contributed by atoms with Crippen LogP contribution in [-0.4, -0.2) is 55.3 Å². The van der Waals surface area contributed by atoms with Gasteiger partial charge in [0.25, 0.3) is 0 Å². The fourth-order valence-corrected chi connectivity index (χ4v) is 5.66. The van der Waals surface area contributed by atoms with Gasteiger partial charge in [-0.2, -0.15) is 8.78 Å². The van der Waals surface area contributed by atoms with Gasteiger partial charge in [-0.1, -0.05) is 17.8 Å². The molecule has 32 heavy (non-hydrogen) atoms. The molecule has 170 valence electrons. The Morgan fingerprint density at radius 2 is 2.03 bits per heavy atom. The molecule has 1 unspecified atom stereocenters. The second kappa shape index (κ2) is 7.53. The van der Waals surface area contributed by atoms with E-state index in [0.29, 0.717) is 24.1 Å². The van der Waals surface area contributed by atoms with E-state index in [9.17, 15) is 13.6 Å². The predicted octanol–water partition coefficient (Wildman–Crippen LogP) is 2.22. The number of anilines is 3. The predicted molar refractivity (Wildman–Crippen MR) is 117 cm³/mol. The SMILES string of the molecule is CN1C(=O)C(F)(F)c2c(Sc3ncc(N4CCC5(CC4)COCC5N)nc3N)cccc21. The Hall–Kier alpha value is -2.50. The van der Waals surface area contributed by atoms with Crippen molar-refractivity contribution in [2.24, 2.45) is 11.1 Å². The highest BCUT2D eigenvalue weighted by Crippen LogP contribution is 2.49. The summed E-state index contributed by atoms with van der Waals surface area (Å²) in [7, 11) is 1.34. The summed E-state index contributed by atoms with van der Waals surface area (Å²) in [6, 6.07) is 4.72. The van der Waals surface area contributed by atoms with Gasteiger partial charge in [-0.3, -0.25) is 4.79 Å². The number of nitrogen functional groups attached to an aromatic ring is 1. The van der Waals surface area contributed by atoms with Crippen molar-refractivity contribution in [2.75, 3.05) is 48.9 Å². The van der Waals surface area contributed by atoms with Gasteiger partial charge in [-0.25, -0.2) is 9.97 Å². The summed E-state index contributed by atoms with van der Waals surface area (Å²) in [5, 5.41) is 0.319. The van der Waals surface area contributed by atoms with Crippen LogP contribution in [0.4, 0.5) is 26.1 Å². The lowest BCUT2D eigenvalue weighted by atomic mass is 9.75.